The minimum Gasteiger partial charge on any atom is -0.378 e. The van der Waals surface area contributed by atoms with Crippen molar-refractivity contribution in [2.75, 3.05) is 6.61 Å². The molecule has 2 N–H and O–H groups in total. The van der Waals surface area contributed by atoms with Gasteiger partial charge in [-0.3, -0.25) is 0 Å². The van der Waals surface area contributed by atoms with Gasteiger partial charge in [-0.05, 0) is 38.2 Å². The first-order chi connectivity index (χ1) is 8.27. The predicted molar refractivity (Wildman–Crippen MR) is 66.2 cm³/mol. The number of hydrogen-bond acceptors (Lipinski definition) is 2. The van der Waals surface area contributed by atoms with Crippen molar-refractivity contribution in [3.05, 3.63) is 35.6 Å². The molecule has 2 atom stereocenters. The van der Waals surface area contributed by atoms with Crippen LogP contribution < -0.4 is 5.73 Å². The van der Waals surface area contributed by atoms with Crippen LogP contribution in [0.5, 0.6) is 0 Å². The van der Waals surface area contributed by atoms with E-state index in [2.05, 4.69) is 0 Å². The maximum Gasteiger partial charge on any atom is 0.127 e. The average molecular weight is 237 g/mol. The molecule has 2 rings (SSSR count). The molecular formula is C14H20FNO. The van der Waals surface area contributed by atoms with Crippen LogP contribution in [0.15, 0.2) is 24.3 Å². The number of benzene rings is 1. The van der Waals surface area contributed by atoms with E-state index in [0.29, 0.717) is 11.7 Å². The van der Waals surface area contributed by atoms with Gasteiger partial charge >= 0.3 is 0 Å². The van der Waals surface area contributed by atoms with Crippen LogP contribution in [-0.4, -0.2) is 12.7 Å². The standard InChI is InChI=1S/C14H20FNO/c15-13-7-2-1-6-12(13)14(16)9-8-11-5-3-4-10-17-11/h1-2,6-7,11,14H,3-5,8-10,16H2. The lowest BCUT2D eigenvalue weighted by molar-refractivity contribution is 0.00908. The van der Waals surface area contributed by atoms with E-state index in [-0.39, 0.29) is 11.9 Å². The summed E-state index contributed by atoms with van der Waals surface area (Å²) in [5.74, 6) is -0.204. The highest BCUT2D eigenvalue weighted by Gasteiger charge is 2.17. The highest BCUT2D eigenvalue weighted by molar-refractivity contribution is 5.20. The van der Waals surface area contributed by atoms with Gasteiger partial charge in [-0.1, -0.05) is 18.2 Å². The molecule has 0 amide bonds. The third kappa shape index (κ3) is 3.51. The molecule has 0 bridgehead atoms. The summed E-state index contributed by atoms with van der Waals surface area (Å²) in [6.07, 6.45) is 5.54. The van der Waals surface area contributed by atoms with E-state index in [1.165, 1.54) is 12.5 Å². The van der Waals surface area contributed by atoms with Crippen LogP contribution in [0.4, 0.5) is 4.39 Å². The Balaban J connectivity index is 1.84. The molecule has 0 saturated carbocycles. The minimum absolute atomic E-state index is 0.204. The SMILES string of the molecule is NC(CCC1CCCCO1)c1ccccc1F. The van der Waals surface area contributed by atoms with Crippen molar-refractivity contribution in [3.8, 4) is 0 Å². The molecule has 1 aromatic rings. The van der Waals surface area contributed by atoms with E-state index in [0.717, 1.165) is 32.3 Å². The highest BCUT2D eigenvalue weighted by atomic mass is 19.1. The van der Waals surface area contributed by atoms with Crippen LogP contribution in [0.25, 0.3) is 0 Å². The third-order valence-electron chi connectivity index (χ3n) is 3.38. The minimum atomic E-state index is -0.221. The Bertz CT molecular complexity index is 350. The normalized spacial score (nSPS) is 22.4. The van der Waals surface area contributed by atoms with Gasteiger partial charge in [0.15, 0.2) is 0 Å². The lowest BCUT2D eigenvalue weighted by Gasteiger charge is -2.24. The quantitative estimate of drug-likeness (QED) is 0.873. The molecule has 0 aliphatic carbocycles. The van der Waals surface area contributed by atoms with E-state index in [4.69, 9.17) is 10.5 Å². The van der Waals surface area contributed by atoms with Crippen molar-refractivity contribution >= 4 is 0 Å². The van der Waals surface area contributed by atoms with Gasteiger partial charge in [0.25, 0.3) is 0 Å². The molecule has 1 aliphatic rings. The number of nitrogens with two attached hydrogens (primary N) is 1. The van der Waals surface area contributed by atoms with Gasteiger partial charge in [0.1, 0.15) is 5.82 Å². The molecule has 0 spiro atoms. The van der Waals surface area contributed by atoms with E-state index >= 15 is 0 Å². The first kappa shape index (κ1) is 12.5. The molecule has 17 heavy (non-hydrogen) atoms. The number of halogens is 1. The monoisotopic (exact) mass is 237 g/mol. The van der Waals surface area contributed by atoms with Crippen molar-refractivity contribution in [1.82, 2.24) is 0 Å². The lowest BCUT2D eigenvalue weighted by Crippen LogP contribution is -2.21. The zero-order valence-corrected chi connectivity index (χ0v) is 10.1. The molecule has 0 aromatic heterocycles. The zero-order chi connectivity index (χ0) is 12.1. The van der Waals surface area contributed by atoms with Gasteiger partial charge in [-0.15, -0.1) is 0 Å². The Morgan fingerprint density at radius 2 is 2.18 bits per heavy atom. The summed E-state index contributed by atoms with van der Waals surface area (Å²) in [5.41, 5.74) is 6.63. The summed E-state index contributed by atoms with van der Waals surface area (Å²) in [4.78, 5) is 0. The summed E-state index contributed by atoms with van der Waals surface area (Å²) in [5, 5.41) is 0. The van der Waals surface area contributed by atoms with Crippen molar-refractivity contribution < 1.29 is 9.13 Å². The fourth-order valence-electron chi connectivity index (χ4n) is 2.33. The maximum atomic E-state index is 13.5. The smallest absolute Gasteiger partial charge is 0.127 e. The molecule has 1 aliphatic heterocycles. The molecule has 1 fully saturated rings. The summed E-state index contributed by atoms with van der Waals surface area (Å²) in [7, 11) is 0. The van der Waals surface area contributed by atoms with Crippen LogP contribution in [0.3, 0.4) is 0 Å². The first-order valence-electron chi connectivity index (χ1n) is 6.39. The number of rotatable bonds is 4. The molecule has 94 valence electrons. The van der Waals surface area contributed by atoms with E-state index in [1.54, 1.807) is 12.1 Å². The fourth-order valence-corrected chi connectivity index (χ4v) is 2.33. The molecule has 2 nitrogen and oxygen atoms in total. The molecule has 1 saturated heterocycles. The highest BCUT2D eigenvalue weighted by Crippen LogP contribution is 2.23. The molecule has 3 heteroatoms. The largest absolute Gasteiger partial charge is 0.378 e. The van der Waals surface area contributed by atoms with Gasteiger partial charge in [-0.2, -0.15) is 0 Å². The summed E-state index contributed by atoms with van der Waals surface area (Å²) >= 11 is 0. The first-order valence-corrected chi connectivity index (χ1v) is 6.39. The number of ether oxygens (including phenoxy) is 1. The Hall–Kier alpha value is -0.930. The predicted octanol–water partition coefficient (Wildman–Crippen LogP) is 3.17. The van der Waals surface area contributed by atoms with Crippen molar-refractivity contribution in [1.29, 1.82) is 0 Å². The third-order valence-corrected chi connectivity index (χ3v) is 3.38. The Morgan fingerprint density at radius 3 is 2.88 bits per heavy atom. The van der Waals surface area contributed by atoms with Gasteiger partial charge in [-0.25, -0.2) is 4.39 Å². The topological polar surface area (TPSA) is 35.2 Å². The molecule has 2 unspecified atom stereocenters. The van der Waals surface area contributed by atoms with E-state index in [1.807, 2.05) is 6.07 Å². The van der Waals surface area contributed by atoms with Gasteiger partial charge in [0, 0.05) is 18.2 Å². The van der Waals surface area contributed by atoms with E-state index < -0.39 is 0 Å². The second-order valence-corrected chi connectivity index (χ2v) is 4.69. The van der Waals surface area contributed by atoms with Crippen molar-refractivity contribution in [2.24, 2.45) is 5.73 Å². The van der Waals surface area contributed by atoms with Gasteiger partial charge < -0.3 is 10.5 Å². The van der Waals surface area contributed by atoms with Gasteiger partial charge in [0.2, 0.25) is 0 Å². The second kappa shape index (κ2) is 6.12. The number of hydrogen-bond donors (Lipinski definition) is 1. The van der Waals surface area contributed by atoms with Crippen LogP contribution >= 0.6 is 0 Å². The molecule has 1 aromatic carbocycles. The Morgan fingerprint density at radius 1 is 1.35 bits per heavy atom. The molecular weight excluding hydrogens is 217 g/mol. The van der Waals surface area contributed by atoms with Crippen LogP contribution in [0.2, 0.25) is 0 Å². The van der Waals surface area contributed by atoms with Crippen molar-refractivity contribution in [2.45, 2.75) is 44.2 Å². The molecule has 1 heterocycles. The lowest BCUT2D eigenvalue weighted by atomic mass is 9.97. The van der Waals surface area contributed by atoms with Crippen molar-refractivity contribution in [3.63, 3.8) is 0 Å². The average Bonchev–Trinajstić information content (AvgIpc) is 2.38. The van der Waals surface area contributed by atoms with Crippen LogP contribution in [0.1, 0.15) is 43.7 Å². The Labute approximate surface area is 102 Å². The van der Waals surface area contributed by atoms with Crippen LogP contribution in [0, 0.1) is 5.82 Å². The van der Waals surface area contributed by atoms with Gasteiger partial charge in [0.05, 0.1) is 6.10 Å². The summed E-state index contributed by atoms with van der Waals surface area (Å²) in [6, 6.07) is 6.53. The zero-order valence-electron chi connectivity index (χ0n) is 10.1. The van der Waals surface area contributed by atoms with E-state index in [9.17, 15) is 4.39 Å². The summed E-state index contributed by atoms with van der Waals surface area (Å²) < 4.78 is 19.1. The van der Waals surface area contributed by atoms with Crippen LogP contribution in [-0.2, 0) is 4.74 Å². The maximum absolute atomic E-state index is 13.5. The summed E-state index contributed by atoms with van der Waals surface area (Å²) in [6.45, 7) is 0.861. The second-order valence-electron chi connectivity index (χ2n) is 4.69. The fraction of sp³-hybridized carbons (Fsp3) is 0.571. The molecule has 0 radical (unpaired) electrons. The Kier molecular flexibility index (Phi) is 4.51.